The third-order valence-corrected chi connectivity index (χ3v) is 11.6. The number of rotatable bonds is 6. The van der Waals surface area contributed by atoms with Crippen molar-refractivity contribution in [3.63, 3.8) is 0 Å². The Morgan fingerprint density at radius 2 is 1.05 bits per heavy atom. The van der Waals surface area contributed by atoms with Crippen LogP contribution in [0.3, 0.4) is 0 Å². The second-order valence-electron chi connectivity index (χ2n) is 13.9. The molecular weight excluding hydrogens is 733 g/mol. The molecule has 0 amide bonds. The first kappa shape index (κ1) is 33.5. The number of fused-ring (bicyclic) bond motifs is 6. The van der Waals surface area contributed by atoms with E-state index in [2.05, 4.69) is 54.6 Å². The number of para-hydroxylation sites is 1. The topological polar surface area (TPSA) is 101 Å². The Kier molecular flexibility index (Phi) is 7.91. The summed E-state index contributed by atoms with van der Waals surface area (Å²) in [6, 6.07) is 58.7. The number of benzene rings is 7. The van der Waals surface area contributed by atoms with E-state index in [1.807, 2.05) is 121 Å². The highest BCUT2D eigenvalue weighted by molar-refractivity contribution is 7.26. The molecule has 7 aromatic carbocycles. The summed E-state index contributed by atoms with van der Waals surface area (Å²) >= 11 is 1.72. The van der Waals surface area contributed by atoms with Gasteiger partial charge in [-0.3, -0.25) is 0 Å². The number of nitrogens with zero attached hydrogens (tertiary/aromatic N) is 6. The van der Waals surface area contributed by atoms with Gasteiger partial charge in [0.25, 0.3) is 0 Å². The fourth-order valence-corrected chi connectivity index (χ4v) is 8.75. The zero-order valence-electron chi connectivity index (χ0n) is 30.7. The van der Waals surface area contributed by atoms with E-state index in [0.717, 1.165) is 76.6 Å². The molecular formula is C50H28N6OS. The van der Waals surface area contributed by atoms with Crippen molar-refractivity contribution in [2.45, 2.75) is 0 Å². The summed E-state index contributed by atoms with van der Waals surface area (Å²) in [5.74, 6) is 2.27. The van der Waals surface area contributed by atoms with E-state index in [4.69, 9.17) is 29.3 Å². The molecule has 7 nitrogen and oxygen atoms in total. The second-order valence-corrected chi connectivity index (χ2v) is 15.0. The van der Waals surface area contributed by atoms with Crippen LogP contribution in [0.5, 0.6) is 0 Å². The summed E-state index contributed by atoms with van der Waals surface area (Å²) in [6.45, 7) is 0. The first-order valence-electron chi connectivity index (χ1n) is 18.8. The fourth-order valence-electron chi connectivity index (χ4n) is 7.60. The van der Waals surface area contributed by atoms with Crippen LogP contribution in [0.25, 0.3) is 110 Å². The molecule has 0 aliphatic heterocycles. The Morgan fingerprint density at radius 3 is 1.83 bits per heavy atom. The summed E-state index contributed by atoms with van der Waals surface area (Å²) in [4.78, 5) is 25.4. The van der Waals surface area contributed by atoms with E-state index in [1.165, 1.54) is 4.70 Å². The van der Waals surface area contributed by atoms with Gasteiger partial charge in [-0.15, -0.1) is 11.3 Å². The van der Waals surface area contributed by atoms with E-state index < -0.39 is 0 Å². The van der Waals surface area contributed by atoms with Crippen molar-refractivity contribution < 1.29 is 4.42 Å². The molecule has 0 N–H and O–H groups in total. The molecule has 11 rings (SSSR count). The molecule has 11 aromatic rings. The molecule has 0 radical (unpaired) electrons. The van der Waals surface area contributed by atoms with E-state index in [0.29, 0.717) is 34.4 Å². The summed E-state index contributed by atoms with van der Waals surface area (Å²) in [7, 11) is 0. The molecule has 0 bridgehead atoms. The largest absolute Gasteiger partial charge is 0.455 e. The lowest BCUT2D eigenvalue weighted by atomic mass is 9.99. The highest BCUT2D eigenvalue weighted by atomic mass is 32.1. The molecule has 0 atom stereocenters. The van der Waals surface area contributed by atoms with Crippen molar-refractivity contribution in [1.82, 2.24) is 24.9 Å². The minimum atomic E-state index is 0.542. The maximum Gasteiger partial charge on any atom is 0.164 e. The summed E-state index contributed by atoms with van der Waals surface area (Å²) in [5, 5.41) is 12.7. The number of thiophene rings is 1. The van der Waals surface area contributed by atoms with Crippen LogP contribution in [0.2, 0.25) is 0 Å². The van der Waals surface area contributed by atoms with Crippen molar-refractivity contribution >= 4 is 53.6 Å². The average molecular weight is 761 g/mol. The monoisotopic (exact) mass is 760 g/mol. The molecule has 0 aliphatic rings. The number of hydrogen-bond acceptors (Lipinski definition) is 8. The van der Waals surface area contributed by atoms with Gasteiger partial charge in [0.1, 0.15) is 11.2 Å². The van der Waals surface area contributed by atoms with E-state index in [-0.39, 0.29) is 0 Å². The number of aromatic nitrogens is 5. The Hall–Kier alpha value is -7.86. The minimum Gasteiger partial charge on any atom is -0.455 e. The highest BCUT2D eigenvalue weighted by Crippen LogP contribution is 2.42. The molecule has 0 fully saturated rings. The third-order valence-electron chi connectivity index (χ3n) is 10.4. The van der Waals surface area contributed by atoms with Crippen LogP contribution < -0.4 is 0 Å². The molecule has 0 unspecified atom stereocenters. The minimum absolute atomic E-state index is 0.542. The lowest BCUT2D eigenvalue weighted by molar-refractivity contribution is 0.669. The SMILES string of the molecule is N#Cc1ccccc1-c1ccc(-c2nc(-c3ccccc3)nc(-c3ccc4oc5c(-c6nc(-c7ccccc7)c7sc8ccccc8c7n6)cccc5c4c3)n2)cc1. The zero-order valence-corrected chi connectivity index (χ0v) is 31.5. The van der Waals surface area contributed by atoms with Gasteiger partial charge in [0.05, 0.1) is 33.1 Å². The molecule has 0 saturated heterocycles. The van der Waals surface area contributed by atoms with Gasteiger partial charge in [0, 0.05) is 43.1 Å². The highest BCUT2D eigenvalue weighted by Gasteiger charge is 2.21. The van der Waals surface area contributed by atoms with Gasteiger partial charge in [-0.1, -0.05) is 133 Å². The predicted octanol–water partition coefficient (Wildman–Crippen LogP) is 12.8. The van der Waals surface area contributed by atoms with Gasteiger partial charge in [-0.05, 0) is 47.5 Å². The van der Waals surface area contributed by atoms with E-state index in [9.17, 15) is 5.26 Å². The lowest BCUT2D eigenvalue weighted by Gasteiger charge is -2.09. The molecule has 0 spiro atoms. The van der Waals surface area contributed by atoms with Crippen LogP contribution in [0.15, 0.2) is 174 Å². The van der Waals surface area contributed by atoms with Crippen LogP contribution in [0.4, 0.5) is 0 Å². The standard InChI is InChI=1S/C50H28N6OS/c51-29-35-16-7-8-17-36(35)30-22-24-33(25-23-30)48-54-47(32-14-5-2-6-15-32)55-49(56-48)34-26-27-41-40(28-34)37-19-11-20-39(45(37)57-41)50-52-43(31-12-3-1-4-13-31)46-44(53-50)38-18-9-10-21-42(38)58-46/h1-28H. The first-order chi connectivity index (χ1) is 28.7. The molecule has 8 heteroatoms. The van der Waals surface area contributed by atoms with E-state index >= 15 is 0 Å². The molecule has 270 valence electrons. The van der Waals surface area contributed by atoms with Gasteiger partial charge < -0.3 is 4.42 Å². The summed E-state index contributed by atoms with van der Waals surface area (Å²) in [6.07, 6.45) is 0. The second kappa shape index (κ2) is 13.7. The molecule has 4 aromatic heterocycles. The van der Waals surface area contributed by atoms with Crippen LogP contribution in [-0.4, -0.2) is 24.9 Å². The van der Waals surface area contributed by atoms with Crippen molar-refractivity contribution in [2.24, 2.45) is 0 Å². The number of furan rings is 1. The number of hydrogen-bond donors (Lipinski definition) is 0. The normalized spacial score (nSPS) is 11.4. The Morgan fingerprint density at radius 1 is 0.448 bits per heavy atom. The summed E-state index contributed by atoms with van der Waals surface area (Å²) in [5.41, 5.74) is 10.1. The van der Waals surface area contributed by atoms with Crippen molar-refractivity contribution in [3.05, 3.63) is 175 Å². The predicted molar refractivity (Wildman–Crippen MR) is 233 cm³/mol. The van der Waals surface area contributed by atoms with Crippen molar-refractivity contribution in [2.75, 3.05) is 0 Å². The van der Waals surface area contributed by atoms with Crippen molar-refractivity contribution in [3.8, 4) is 74.0 Å². The van der Waals surface area contributed by atoms with Gasteiger partial charge in [0.15, 0.2) is 23.3 Å². The number of nitriles is 1. The third kappa shape index (κ3) is 5.69. The van der Waals surface area contributed by atoms with Gasteiger partial charge >= 0.3 is 0 Å². The molecule has 58 heavy (non-hydrogen) atoms. The quantitative estimate of drug-likeness (QED) is 0.166. The van der Waals surface area contributed by atoms with Crippen LogP contribution in [0, 0.1) is 11.3 Å². The van der Waals surface area contributed by atoms with Gasteiger partial charge in [0.2, 0.25) is 0 Å². The molecule has 4 heterocycles. The van der Waals surface area contributed by atoms with Crippen LogP contribution in [0.1, 0.15) is 5.56 Å². The average Bonchev–Trinajstić information content (AvgIpc) is 3.87. The first-order valence-corrected chi connectivity index (χ1v) is 19.6. The lowest BCUT2D eigenvalue weighted by Crippen LogP contribution is -2.00. The van der Waals surface area contributed by atoms with Crippen LogP contribution in [-0.2, 0) is 0 Å². The molecule has 0 saturated carbocycles. The maximum atomic E-state index is 9.69. The zero-order chi connectivity index (χ0) is 38.6. The smallest absolute Gasteiger partial charge is 0.164 e. The summed E-state index contributed by atoms with van der Waals surface area (Å²) < 4.78 is 8.89. The maximum absolute atomic E-state index is 9.69. The van der Waals surface area contributed by atoms with Gasteiger partial charge in [-0.25, -0.2) is 24.9 Å². The Bertz CT molecular complexity index is 3410. The molecule has 0 aliphatic carbocycles. The van der Waals surface area contributed by atoms with Gasteiger partial charge in [-0.2, -0.15) is 5.26 Å². The van der Waals surface area contributed by atoms with Crippen LogP contribution >= 0.6 is 11.3 Å². The Balaban J connectivity index is 1.05. The van der Waals surface area contributed by atoms with E-state index in [1.54, 1.807) is 11.3 Å². The fraction of sp³-hybridized carbons (Fsp3) is 0. The Labute approximate surface area is 336 Å². The van der Waals surface area contributed by atoms with Crippen molar-refractivity contribution in [1.29, 1.82) is 5.26 Å².